The summed E-state index contributed by atoms with van der Waals surface area (Å²) in [6, 6.07) is 10.5. The molecule has 1 aromatic rings. The molecule has 0 bridgehead atoms. The number of fused-ring (bicyclic) bond motifs is 2. The Balaban J connectivity index is 2.28. The van der Waals surface area contributed by atoms with Gasteiger partial charge in [0.15, 0.2) is 5.82 Å². The van der Waals surface area contributed by atoms with Crippen molar-refractivity contribution in [2.45, 2.75) is 0 Å². The number of hydrogen-bond donors (Lipinski definition) is 1. The van der Waals surface area contributed by atoms with Crippen LogP contribution in [-0.4, -0.2) is 13.9 Å². The van der Waals surface area contributed by atoms with E-state index in [1.807, 2.05) is 6.07 Å². The maximum Gasteiger partial charge on any atom is 0.152 e. The molecule has 6 heteroatoms. The molecule has 3 heterocycles. The van der Waals surface area contributed by atoms with Crippen LogP contribution in [0.15, 0.2) is 30.3 Å². The van der Waals surface area contributed by atoms with Gasteiger partial charge in [-0.2, -0.15) is 0 Å². The Bertz CT molecular complexity index is 902. The molecule has 1 aromatic carbocycles. The summed E-state index contributed by atoms with van der Waals surface area (Å²) in [5.41, 5.74) is 2.20. The van der Waals surface area contributed by atoms with Crippen LogP contribution >= 0.6 is 32.2 Å². The van der Waals surface area contributed by atoms with Crippen molar-refractivity contribution in [3.05, 3.63) is 40.3 Å². The summed E-state index contributed by atoms with van der Waals surface area (Å²) in [6.45, 7) is 0. The minimum atomic E-state index is 1.04. The van der Waals surface area contributed by atoms with Gasteiger partial charge >= 0.3 is 0 Å². The number of benzene rings is 1. The van der Waals surface area contributed by atoms with Crippen LogP contribution in [0.4, 0.5) is 0 Å². The second-order valence-electron chi connectivity index (χ2n) is 4.05. The van der Waals surface area contributed by atoms with Crippen molar-refractivity contribution in [2.75, 3.05) is 0 Å². The highest BCUT2D eigenvalue weighted by Crippen LogP contribution is 2.31. The molecule has 0 aromatic heterocycles. The lowest BCUT2D eigenvalue weighted by Gasteiger charge is -2.10. The standard InChI is InChI=1S/C12H9N3S3/c1-15-11-9(6-10-12(15)14-18-17-10)16-8-5-3-2-4-7(8)13-11/h2-6,14H,1H3. The summed E-state index contributed by atoms with van der Waals surface area (Å²) >= 11 is 1.80. The van der Waals surface area contributed by atoms with Gasteiger partial charge in [-0.3, -0.25) is 4.37 Å². The maximum absolute atomic E-state index is 4.77. The second-order valence-corrected chi connectivity index (χ2v) is 7.12. The van der Waals surface area contributed by atoms with Crippen molar-refractivity contribution in [3.8, 4) is 10.7 Å². The molecule has 0 amide bonds. The molecule has 18 heavy (non-hydrogen) atoms. The van der Waals surface area contributed by atoms with Crippen LogP contribution in [0.25, 0.3) is 20.9 Å². The van der Waals surface area contributed by atoms with E-state index >= 15 is 0 Å². The fourth-order valence-electron chi connectivity index (χ4n) is 2.05. The van der Waals surface area contributed by atoms with Gasteiger partial charge in [-0.15, -0.1) is 11.3 Å². The highest BCUT2D eigenvalue weighted by Gasteiger charge is 2.11. The molecule has 3 aliphatic rings. The molecule has 0 atom stereocenters. The molecule has 3 aliphatic heterocycles. The number of rotatable bonds is 0. The van der Waals surface area contributed by atoms with E-state index in [4.69, 9.17) is 4.98 Å². The van der Waals surface area contributed by atoms with E-state index in [1.54, 1.807) is 32.2 Å². The molecule has 4 rings (SSSR count). The molecule has 0 unspecified atom stereocenters. The second kappa shape index (κ2) is 3.81. The number of H-pyrrole nitrogens is 1. The lowest BCUT2D eigenvalue weighted by Crippen LogP contribution is -2.03. The van der Waals surface area contributed by atoms with E-state index in [1.165, 1.54) is 14.1 Å². The van der Waals surface area contributed by atoms with E-state index in [0.29, 0.717) is 0 Å². The van der Waals surface area contributed by atoms with Crippen molar-refractivity contribution in [2.24, 2.45) is 7.05 Å². The molecule has 1 N–H and O–H groups in total. The lowest BCUT2D eigenvalue weighted by atomic mass is 10.3. The number of para-hydroxylation sites is 1. The molecule has 0 radical (unpaired) electrons. The van der Waals surface area contributed by atoms with Gasteiger partial charge in [0.1, 0.15) is 5.48 Å². The fourth-order valence-corrected chi connectivity index (χ4v) is 5.14. The van der Waals surface area contributed by atoms with Crippen molar-refractivity contribution >= 4 is 42.4 Å². The van der Waals surface area contributed by atoms with E-state index in [9.17, 15) is 0 Å². The van der Waals surface area contributed by atoms with Crippen LogP contribution in [-0.2, 0) is 7.05 Å². The van der Waals surface area contributed by atoms with Crippen molar-refractivity contribution in [1.29, 1.82) is 0 Å². The zero-order chi connectivity index (χ0) is 12.1. The van der Waals surface area contributed by atoms with Crippen LogP contribution in [0, 0.1) is 10.0 Å². The molecule has 0 fully saturated rings. The topological polar surface area (TPSA) is 33.6 Å². The lowest BCUT2D eigenvalue weighted by molar-refractivity contribution is 0.833. The Hall–Kier alpha value is -1.37. The Kier molecular flexibility index (Phi) is 2.23. The summed E-state index contributed by atoms with van der Waals surface area (Å²) < 4.78 is 7.97. The summed E-state index contributed by atoms with van der Waals surface area (Å²) in [5, 5.41) is 0. The van der Waals surface area contributed by atoms with Crippen LogP contribution in [0.5, 0.6) is 0 Å². The van der Waals surface area contributed by atoms with Gasteiger partial charge in [0, 0.05) is 7.05 Å². The highest BCUT2D eigenvalue weighted by molar-refractivity contribution is 7.66. The number of nitrogens with one attached hydrogen (secondary N) is 1. The Morgan fingerprint density at radius 3 is 3.11 bits per heavy atom. The van der Waals surface area contributed by atoms with Crippen LogP contribution in [0.2, 0.25) is 0 Å². The molecule has 3 nitrogen and oxygen atoms in total. The average Bonchev–Trinajstić information content (AvgIpc) is 2.86. The smallest absolute Gasteiger partial charge is 0.152 e. The van der Waals surface area contributed by atoms with E-state index in [-0.39, 0.29) is 0 Å². The normalized spacial score (nSPS) is 11.6. The predicted molar refractivity (Wildman–Crippen MR) is 78.2 cm³/mol. The maximum atomic E-state index is 4.77. The average molecular weight is 291 g/mol. The van der Waals surface area contributed by atoms with Gasteiger partial charge in [0.25, 0.3) is 0 Å². The predicted octanol–water partition coefficient (Wildman–Crippen LogP) is 4.04. The molecule has 90 valence electrons. The minimum absolute atomic E-state index is 1.04. The van der Waals surface area contributed by atoms with Gasteiger partial charge in [0.05, 0.1) is 19.6 Å². The molecule has 0 aliphatic carbocycles. The third-order valence-corrected chi connectivity index (χ3v) is 5.93. The number of aromatic nitrogens is 3. The van der Waals surface area contributed by atoms with Gasteiger partial charge in [-0.1, -0.05) is 22.5 Å². The van der Waals surface area contributed by atoms with Crippen molar-refractivity contribution in [1.82, 2.24) is 13.9 Å². The zero-order valence-corrected chi connectivity index (χ0v) is 12.0. The van der Waals surface area contributed by atoms with Gasteiger partial charge in [-0.05, 0) is 28.7 Å². The monoisotopic (exact) mass is 291 g/mol. The largest absolute Gasteiger partial charge is 0.313 e. The Morgan fingerprint density at radius 1 is 1.28 bits per heavy atom. The van der Waals surface area contributed by atoms with Crippen molar-refractivity contribution in [3.63, 3.8) is 0 Å². The Morgan fingerprint density at radius 2 is 2.17 bits per heavy atom. The van der Waals surface area contributed by atoms with E-state index in [0.717, 1.165) is 16.8 Å². The summed E-state index contributed by atoms with van der Waals surface area (Å²) in [5.74, 6) is 1.04. The molecule has 0 saturated heterocycles. The van der Waals surface area contributed by atoms with Gasteiger partial charge < -0.3 is 4.57 Å². The van der Waals surface area contributed by atoms with Crippen LogP contribution < -0.4 is 0 Å². The third-order valence-electron chi connectivity index (χ3n) is 2.95. The quantitative estimate of drug-likeness (QED) is 0.487. The van der Waals surface area contributed by atoms with Gasteiger partial charge in [0.2, 0.25) is 0 Å². The highest BCUT2D eigenvalue weighted by atomic mass is 32.9. The van der Waals surface area contributed by atoms with Crippen LogP contribution in [0.3, 0.4) is 0 Å². The SMILES string of the molecule is Cn1c2nc3ccccc3sc-2cc2ss[nH]c1=2. The Labute approximate surface area is 114 Å². The number of hydrogen-bond acceptors (Lipinski definition) is 4. The first-order valence-corrected chi connectivity index (χ1v) is 8.45. The molecular weight excluding hydrogens is 282 g/mol. The molecular formula is C12H9N3S3. The van der Waals surface area contributed by atoms with Crippen LogP contribution in [0.1, 0.15) is 0 Å². The number of aromatic amines is 1. The summed E-state index contributed by atoms with van der Waals surface area (Å²) in [6.07, 6.45) is 0. The first kappa shape index (κ1) is 10.5. The molecule has 0 spiro atoms. The zero-order valence-electron chi connectivity index (χ0n) is 9.51. The summed E-state index contributed by atoms with van der Waals surface area (Å²) in [7, 11) is 5.49. The fraction of sp³-hybridized carbons (Fsp3) is 0.0833. The van der Waals surface area contributed by atoms with E-state index in [2.05, 4.69) is 40.3 Å². The van der Waals surface area contributed by atoms with E-state index < -0.39 is 0 Å². The first-order chi connectivity index (χ1) is 8.83. The van der Waals surface area contributed by atoms with Gasteiger partial charge in [-0.25, -0.2) is 4.98 Å². The number of nitrogens with zero attached hydrogens (tertiary/aromatic N) is 2. The first-order valence-electron chi connectivity index (χ1n) is 5.48. The third kappa shape index (κ3) is 1.43. The molecule has 0 saturated carbocycles. The summed E-state index contributed by atoms with van der Waals surface area (Å²) in [4.78, 5) is 6.00. The van der Waals surface area contributed by atoms with Crippen molar-refractivity contribution < 1.29 is 0 Å². The minimum Gasteiger partial charge on any atom is -0.313 e.